The van der Waals surface area contributed by atoms with Gasteiger partial charge < -0.3 is 10.2 Å². The molecule has 1 aliphatic heterocycles. The van der Waals surface area contributed by atoms with Crippen molar-refractivity contribution in [1.29, 1.82) is 0 Å². The molecule has 1 aliphatic rings. The molecule has 1 fully saturated rings. The minimum atomic E-state index is -0.0643. The number of hydrogen-bond donors (Lipinski definition) is 1. The van der Waals surface area contributed by atoms with Crippen molar-refractivity contribution in [2.45, 2.75) is 33.1 Å². The highest BCUT2D eigenvalue weighted by atomic mass is 16.1. The Hall–Kier alpha value is -3.57. The summed E-state index contributed by atoms with van der Waals surface area (Å²) in [4.78, 5) is 25.4. The Kier molecular flexibility index (Phi) is 6.87. The lowest BCUT2D eigenvalue weighted by molar-refractivity contribution is 0.0946. The second-order valence-corrected chi connectivity index (χ2v) is 9.52. The molecule has 0 bridgehead atoms. The fraction of sp³-hybridized carbons (Fsp3) is 0.300. The normalized spacial score (nSPS) is 14.2. The molecule has 5 rings (SSSR count). The van der Waals surface area contributed by atoms with Crippen LogP contribution in [0.15, 0.2) is 66.7 Å². The molecule has 1 saturated heterocycles. The van der Waals surface area contributed by atoms with Crippen LogP contribution in [0.1, 0.15) is 40.7 Å². The second kappa shape index (κ2) is 10.4. The first-order valence-corrected chi connectivity index (χ1v) is 12.5. The molecule has 178 valence electrons. The third-order valence-corrected chi connectivity index (χ3v) is 6.67. The molecular formula is C30H32N4O. The number of nitrogens with zero attached hydrogens (tertiary/aromatic N) is 3. The highest BCUT2D eigenvalue weighted by Crippen LogP contribution is 2.32. The third kappa shape index (κ3) is 5.41. The van der Waals surface area contributed by atoms with Crippen LogP contribution in [0.2, 0.25) is 0 Å². The van der Waals surface area contributed by atoms with E-state index in [1.54, 1.807) is 0 Å². The van der Waals surface area contributed by atoms with Gasteiger partial charge in [-0.1, -0.05) is 53.9 Å². The highest BCUT2D eigenvalue weighted by molar-refractivity contribution is 5.98. The first-order chi connectivity index (χ1) is 17.1. The Bertz CT molecular complexity index is 1360. The summed E-state index contributed by atoms with van der Waals surface area (Å²) in [6.45, 7) is 7.98. The van der Waals surface area contributed by atoms with Gasteiger partial charge >= 0.3 is 0 Å². The van der Waals surface area contributed by atoms with Crippen LogP contribution in [-0.4, -0.2) is 47.0 Å². The van der Waals surface area contributed by atoms with Crippen molar-refractivity contribution >= 4 is 16.9 Å². The van der Waals surface area contributed by atoms with E-state index < -0.39 is 0 Å². The molecule has 0 aliphatic carbocycles. The first kappa shape index (κ1) is 23.2. The molecular weight excluding hydrogens is 432 g/mol. The van der Waals surface area contributed by atoms with E-state index in [0.717, 1.165) is 53.2 Å². The maximum absolute atomic E-state index is 12.9. The Labute approximate surface area is 207 Å². The van der Waals surface area contributed by atoms with Crippen LogP contribution in [0.25, 0.3) is 33.5 Å². The number of hydrogen-bond acceptors (Lipinski definition) is 4. The number of likely N-dealkylation sites (tertiary alicyclic amines) is 1. The molecule has 0 spiro atoms. The van der Waals surface area contributed by atoms with Crippen molar-refractivity contribution in [2.75, 3.05) is 26.2 Å². The van der Waals surface area contributed by atoms with Crippen LogP contribution >= 0.6 is 0 Å². The zero-order valence-corrected chi connectivity index (χ0v) is 20.6. The van der Waals surface area contributed by atoms with Crippen molar-refractivity contribution in [1.82, 2.24) is 20.2 Å². The van der Waals surface area contributed by atoms with Crippen LogP contribution in [0, 0.1) is 13.8 Å². The van der Waals surface area contributed by atoms with Gasteiger partial charge in [-0.25, -0.2) is 9.97 Å². The Morgan fingerprint density at radius 1 is 0.800 bits per heavy atom. The Morgan fingerprint density at radius 2 is 1.43 bits per heavy atom. The summed E-state index contributed by atoms with van der Waals surface area (Å²) >= 11 is 0. The van der Waals surface area contributed by atoms with Gasteiger partial charge in [0.1, 0.15) is 0 Å². The molecule has 0 atom stereocenters. The number of benzene rings is 3. The van der Waals surface area contributed by atoms with E-state index in [1.165, 1.54) is 30.4 Å². The minimum Gasteiger partial charge on any atom is -0.351 e. The Morgan fingerprint density at radius 3 is 2.06 bits per heavy atom. The predicted molar refractivity (Wildman–Crippen MR) is 143 cm³/mol. The number of aryl methyl sites for hydroxylation is 2. The lowest BCUT2D eigenvalue weighted by atomic mass is 10.0. The van der Waals surface area contributed by atoms with Crippen molar-refractivity contribution in [2.24, 2.45) is 0 Å². The summed E-state index contributed by atoms with van der Waals surface area (Å²) in [5.74, 6) is -0.0643. The van der Waals surface area contributed by atoms with Gasteiger partial charge in [-0.15, -0.1) is 0 Å². The molecule has 1 N–H and O–H groups in total. The SMILES string of the molecule is Cc1cccc(-c2nc3ccc(C(=O)NCCN4CCCCC4)cc3nc2-c2cccc(C)c2)c1. The van der Waals surface area contributed by atoms with E-state index in [2.05, 4.69) is 60.5 Å². The van der Waals surface area contributed by atoms with Gasteiger partial charge in [0.05, 0.1) is 22.4 Å². The summed E-state index contributed by atoms with van der Waals surface area (Å²) < 4.78 is 0. The summed E-state index contributed by atoms with van der Waals surface area (Å²) in [5.41, 5.74) is 8.20. The van der Waals surface area contributed by atoms with Crippen molar-refractivity contribution < 1.29 is 4.79 Å². The van der Waals surface area contributed by atoms with Gasteiger partial charge in [-0.05, 0) is 70.1 Å². The van der Waals surface area contributed by atoms with Crippen molar-refractivity contribution in [3.05, 3.63) is 83.4 Å². The molecule has 5 nitrogen and oxygen atoms in total. The van der Waals surface area contributed by atoms with Crippen molar-refractivity contribution in [3.8, 4) is 22.5 Å². The number of carbonyl (C=O) groups excluding carboxylic acids is 1. The van der Waals surface area contributed by atoms with Crippen LogP contribution in [0.3, 0.4) is 0 Å². The van der Waals surface area contributed by atoms with Crippen LogP contribution < -0.4 is 5.32 Å². The van der Waals surface area contributed by atoms with E-state index in [-0.39, 0.29) is 5.91 Å². The van der Waals surface area contributed by atoms with E-state index in [0.29, 0.717) is 12.1 Å². The van der Waals surface area contributed by atoms with E-state index >= 15 is 0 Å². The molecule has 0 unspecified atom stereocenters. The monoisotopic (exact) mass is 464 g/mol. The maximum Gasteiger partial charge on any atom is 0.251 e. The molecule has 3 aromatic carbocycles. The molecule has 0 radical (unpaired) electrons. The van der Waals surface area contributed by atoms with Gasteiger partial charge in [0.15, 0.2) is 0 Å². The zero-order chi connectivity index (χ0) is 24.2. The number of fused-ring (bicyclic) bond motifs is 1. The second-order valence-electron chi connectivity index (χ2n) is 9.52. The van der Waals surface area contributed by atoms with Gasteiger partial charge in [0.25, 0.3) is 5.91 Å². The molecule has 2 heterocycles. The highest BCUT2D eigenvalue weighted by Gasteiger charge is 2.16. The van der Waals surface area contributed by atoms with Gasteiger partial charge in [0, 0.05) is 29.8 Å². The number of nitrogens with one attached hydrogen (secondary N) is 1. The fourth-order valence-electron chi connectivity index (χ4n) is 4.80. The molecule has 1 amide bonds. The van der Waals surface area contributed by atoms with Crippen LogP contribution in [0.5, 0.6) is 0 Å². The first-order valence-electron chi connectivity index (χ1n) is 12.5. The smallest absolute Gasteiger partial charge is 0.251 e. The average Bonchev–Trinajstić information content (AvgIpc) is 2.88. The van der Waals surface area contributed by atoms with Crippen LogP contribution in [-0.2, 0) is 0 Å². The fourth-order valence-corrected chi connectivity index (χ4v) is 4.80. The van der Waals surface area contributed by atoms with Gasteiger partial charge in [-0.3, -0.25) is 4.79 Å². The number of rotatable bonds is 6. The number of aromatic nitrogens is 2. The third-order valence-electron chi connectivity index (χ3n) is 6.67. The Balaban J connectivity index is 1.47. The summed E-state index contributed by atoms with van der Waals surface area (Å²) in [6, 6.07) is 22.3. The number of amides is 1. The van der Waals surface area contributed by atoms with Crippen molar-refractivity contribution in [3.63, 3.8) is 0 Å². The molecule has 4 aromatic rings. The lowest BCUT2D eigenvalue weighted by Gasteiger charge is -2.26. The summed E-state index contributed by atoms with van der Waals surface area (Å²) in [5, 5.41) is 3.08. The molecule has 35 heavy (non-hydrogen) atoms. The minimum absolute atomic E-state index is 0.0643. The van der Waals surface area contributed by atoms with Crippen LogP contribution in [0.4, 0.5) is 0 Å². The average molecular weight is 465 g/mol. The maximum atomic E-state index is 12.9. The topological polar surface area (TPSA) is 58.1 Å². The summed E-state index contributed by atoms with van der Waals surface area (Å²) in [6.07, 6.45) is 3.83. The summed E-state index contributed by atoms with van der Waals surface area (Å²) in [7, 11) is 0. The molecule has 5 heteroatoms. The van der Waals surface area contributed by atoms with E-state index in [9.17, 15) is 4.79 Å². The van der Waals surface area contributed by atoms with E-state index in [1.807, 2.05) is 30.3 Å². The number of piperidine rings is 1. The molecule has 0 saturated carbocycles. The predicted octanol–water partition coefficient (Wildman–Crippen LogP) is 5.80. The van der Waals surface area contributed by atoms with Gasteiger partial charge in [0.2, 0.25) is 0 Å². The lowest BCUT2D eigenvalue weighted by Crippen LogP contribution is -2.37. The zero-order valence-electron chi connectivity index (χ0n) is 20.6. The standard InChI is InChI=1S/C30H32N4O/c1-21-8-6-10-23(18-21)28-29(24-11-7-9-22(2)19-24)33-27-20-25(12-13-26(27)32-28)30(35)31-14-17-34-15-4-3-5-16-34/h6-13,18-20H,3-5,14-17H2,1-2H3,(H,31,35). The number of carbonyl (C=O) groups is 1. The molecule has 1 aromatic heterocycles. The quantitative estimate of drug-likeness (QED) is 0.392. The van der Waals surface area contributed by atoms with E-state index in [4.69, 9.17) is 9.97 Å². The van der Waals surface area contributed by atoms with Gasteiger partial charge in [-0.2, -0.15) is 0 Å². The largest absolute Gasteiger partial charge is 0.351 e.